The molecule has 11 heavy (non-hydrogen) atoms. The van der Waals surface area contributed by atoms with Crippen molar-refractivity contribution in [3.63, 3.8) is 0 Å². The second-order valence-corrected chi connectivity index (χ2v) is 4.35. The number of halogens is 3. The van der Waals surface area contributed by atoms with E-state index in [2.05, 4.69) is 6.92 Å². The highest BCUT2D eigenvalue weighted by molar-refractivity contribution is 7.22. The largest absolute Gasteiger partial charge is 0.618 e. The quantitative estimate of drug-likeness (QED) is 0.570. The summed E-state index contributed by atoms with van der Waals surface area (Å²) in [6.45, 7) is 3.60. The molecule has 0 heterocycles. The lowest BCUT2D eigenvalue weighted by Gasteiger charge is -1.86. The van der Waals surface area contributed by atoms with Gasteiger partial charge in [0.25, 0.3) is 0 Å². The van der Waals surface area contributed by atoms with Crippen LogP contribution in [-0.2, 0) is 0 Å². The Balaban J connectivity index is 0.000000292. The van der Waals surface area contributed by atoms with Crippen LogP contribution in [0, 0.1) is 12.7 Å². The fraction of sp³-hybridized carbons (Fsp3) is 0. The van der Waals surface area contributed by atoms with Crippen LogP contribution in [-0.4, -0.2) is 18.2 Å². The van der Waals surface area contributed by atoms with Crippen LogP contribution in [0.4, 0.5) is 4.39 Å². The van der Waals surface area contributed by atoms with Gasteiger partial charge in [0.05, 0.1) is 0 Å². The molecule has 0 bridgehead atoms. The van der Waals surface area contributed by atoms with Crippen LogP contribution < -0.4 is 0 Å². The number of rotatable bonds is 0. The van der Waals surface area contributed by atoms with E-state index in [-0.39, 0.29) is 5.82 Å². The van der Waals surface area contributed by atoms with Gasteiger partial charge in [0.15, 0.2) is 0 Å². The van der Waals surface area contributed by atoms with E-state index < -0.39 is 18.2 Å². The first-order chi connectivity index (χ1) is 5.20. The van der Waals surface area contributed by atoms with Gasteiger partial charge in [0, 0.05) is 0 Å². The molecule has 4 heteroatoms. The predicted molar refractivity (Wildman–Crippen MR) is 48.3 cm³/mol. The Hall–Kier alpha value is 0.496. The lowest BCUT2D eigenvalue weighted by atomic mass is 10.2. The molecule has 0 saturated carbocycles. The zero-order valence-corrected chi connectivity index (χ0v) is 8.78. The van der Waals surface area contributed by atoms with Gasteiger partial charge < -0.3 is 18.1 Å². The second kappa shape index (κ2) is 7.16. The van der Waals surface area contributed by atoms with Crippen LogP contribution in [0.1, 0.15) is 5.56 Å². The Labute approximate surface area is 83.0 Å². The molecule has 0 fully saturated rings. The van der Waals surface area contributed by atoms with E-state index in [1.54, 1.807) is 12.1 Å². The standard InChI is InChI=1S/C7H6F.2ClH.Mg/c1-6-2-4-7(8)5-3-6;;;/h2-5H,1H2;2*1H;/q;;;+2/p-2. The number of hydrogen-bond donors (Lipinski definition) is 0. The van der Waals surface area contributed by atoms with Crippen molar-refractivity contribution in [3.8, 4) is 0 Å². The molecule has 0 unspecified atom stereocenters. The van der Waals surface area contributed by atoms with Gasteiger partial charge in [-0.2, -0.15) is 0 Å². The Morgan fingerprint density at radius 1 is 1.18 bits per heavy atom. The molecule has 0 nitrogen and oxygen atoms in total. The van der Waals surface area contributed by atoms with Crippen molar-refractivity contribution >= 4 is 36.3 Å². The first-order valence-corrected chi connectivity index (χ1v) is 7.17. The molecule has 0 atom stereocenters. The summed E-state index contributed by atoms with van der Waals surface area (Å²) in [6, 6.07) is 6.05. The minimum absolute atomic E-state index is 0.211. The van der Waals surface area contributed by atoms with E-state index in [0.717, 1.165) is 5.56 Å². The van der Waals surface area contributed by atoms with Crippen LogP contribution in [0.2, 0.25) is 0 Å². The van der Waals surface area contributed by atoms with Crippen molar-refractivity contribution < 1.29 is 4.39 Å². The average molecular weight is 204 g/mol. The van der Waals surface area contributed by atoms with Crippen molar-refractivity contribution in [1.82, 2.24) is 0 Å². The Kier molecular flexibility index (Phi) is 7.48. The minimum atomic E-state index is -0.639. The van der Waals surface area contributed by atoms with E-state index in [9.17, 15) is 4.39 Å². The van der Waals surface area contributed by atoms with Gasteiger partial charge in [-0.1, -0.05) is 12.1 Å². The maximum Gasteiger partial charge on any atom is 0.618 e. The summed E-state index contributed by atoms with van der Waals surface area (Å²) in [5, 5.41) is 0. The maximum atomic E-state index is 12.1. The van der Waals surface area contributed by atoms with E-state index in [1.165, 1.54) is 12.1 Å². The van der Waals surface area contributed by atoms with Crippen LogP contribution in [0.25, 0.3) is 0 Å². The van der Waals surface area contributed by atoms with Gasteiger partial charge in [-0.25, -0.2) is 4.39 Å². The van der Waals surface area contributed by atoms with E-state index >= 15 is 0 Å². The highest BCUT2D eigenvalue weighted by Crippen LogP contribution is 1.98. The Morgan fingerprint density at radius 2 is 1.55 bits per heavy atom. The van der Waals surface area contributed by atoms with Crippen LogP contribution in [0.5, 0.6) is 0 Å². The summed E-state index contributed by atoms with van der Waals surface area (Å²) in [6.07, 6.45) is 0. The molecule has 0 aliphatic heterocycles. The third-order valence-corrected chi connectivity index (χ3v) is 0.913. The first-order valence-electron chi connectivity index (χ1n) is 2.90. The Bertz CT molecular complexity index is 167. The summed E-state index contributed by atoms with van der Waals surface area (Å²) >= 11 is -0.639. The Morgan fingerprint density at radius 3 is 1.82 bits per heavy atom. The summed E-state index contributed by atoms with van der Waals surface area (Å²) in [5.74, 6) is -0.211. The third-order valence-electron chi connectivity index (χ3n) is 0.913. The van der Waals surface area contributed by atoms with Gasteiger partial charge in [-0.3, -0.25) is 0 Å². The molecular formula is C7H6Cl2FMg. The van der Waals surface area contributed by atoms with Crippen molar-refractivity contribution in [2.45, 2.75) is 0 Å². The van der Waals surface area contributed by atoms with Gasteiger partial charge in [-0.05, 0) is 24.6 Å². The molecule has 1 aromatic rings. The molecule has 1 radical (unpaired) electrons. The molecule has 0 spiro atoms. The zero-order valence-electron chi connectivity index (χ0n) is 5.86. The normalized spacial score (nSPS) is 7.64. The molecule has 0 N–H and O–H groups in total. The molecule has 1 rings (SSSR count). The molecular weight excluding hydrogens is 198 g/mol. The smallest absolute Gasteiger partial charge is 0.309 e. The second-order valence-electron chi connectivity index (χ2n) is 1.73. The van der Waals surface area contributed by atoms with Crippen molar-refractivity contribution in [2.24, 2.45) is 0 Å². The summed E-state index contributed by atoms with van der Waals surface area (Å²) in [5.41, 5.74) is 0.839. The molecule has 57 valence electrons. The fourth-order valence-electron chi connectivity index (χ4n) is 0.484. The monoisotopic (exact) mass is 203 g/mol. The van der Waals surface area contributed by atoms with Crippen LogP contribution in [0.15, 0.2) is 24.3 Å². The minimum Gasteiger partial charge on any atom is -0.309 e. The van der Waals surface area contributed by atoms with Crippen LogP contribution >= 0.6 is 18.1 Å². The van der Waals surface area contributed by atoms with E-state index in [1.807, 2.05) is 0 Å². The first kappa shape index (κ1) is 11.5. The van der Waals surface area contributed by atoms with E-state index in [4.69, 9.17) is 18.1 Å². The highest BCUT2D eigenvalue weighted by Gasteiger charge is 1.83. The summed E-state index contributed by atoms with van der Waals surface area (Å²) in [4.78, 5) is 0. The molecule has 0 aliphatic rings. The van der Waals surface area contributed by atoms with Gasteiger partial charge in [0.2, 0.25) is 0 Å². The SMILES string of the molecule is [CH2]c1ccc(F)cc1.[Cl][Mg][Cl]. The van der Waals surface area contributed by atoms with Gasteiger partial charge in [-0.15, -0.1) is 0 Å². The van der Waals surface area contributed by atoms with Gasteiger partial charge >= 0.3 is 18.2 Å². The molecule has 0 saturated heterocycles. The lowest BCUT2D eigenvalue weighted by molar-refractivity contribution is 0.627. The fourth-order valence-corrected chi connectivity index (χ4v) is 0.484. The molecule has 0 amide bonds. The molecule has 1 aromatic carbocycles. The molecule has 0 aromatic heterocycles. The third kappa shape index (κ3) is 6.88. The van der Waals surface area contributed by atoms with E-state index in [0.29, 0.717) is 0 Å². The summed E-state index contributed by atoms with van der Waals surface area (Å²) in [7, 11) is 9.81. The highest BCUT2D eigenvalue weighted by atomic mass is 35.6. The van der Waals surface area contributed by atoms with Gasteiger partial charge in [0.1, 0.15) is 5.82 Å². The summed E-state index contributed by atoms with van der Waals surface area (Å²) < 4.78 is 12.1. The molecule has 0 aliphatic carbocycles. The number of benzene rings is 1. The van der Waals surface area contributed by atoms with Crippen molar-refractivity contribution in [3.05, 3.63) is 42.6 Å². The number of hydrogen-bond acceptors (Lipinski definition) is 0. The predicted octanol–water partition coefficient (Wildman–Crippen LogP) is 3.01. The topological polar surface area (TPSA) is 0 Å². The van der Waals surface area contributed by atoms with Crippen molar-refractivity contribution in [1.29, 1.82) is 0 Å². The zero-order chi connectivity index (χ0) is 8.69. The van der Waals surface area contributed by atoms with Crippen molar-refractivity contribution in [2.75, 3.05) is 0 Å². The van der Waals surface area contributed by atoms with Crippen LogP contribution in [0.3, 0.4) is 0 Å². The lowest BCUT2D eigenvalue weighted by Crippen LogP contribution is -1.71. The maximum absolute atomic E-state index is 12.1. The average Bonchev–Trinajstić information content (AvgIpc) is 1.97.